The first-order valence-electron chi connectivity index (χ1n) is 7.89. The molecule has 1 aliphatic heterocycles. The second-order valence-electron chi connectivity index (χ2n) is 5.72. The fourth-order valence-electron chi connectivity index (χ4n) is 3.14. The molecule has 0 saturated heterocycles. The SMILES string of the molecule is c1ccc([O][Al]2[O]c3ccccc3-c3oc4ccccc4[c]32)cc1. The highest BCUT2D eigenvalue weighted by molar-refractivity contribution is 6.68. The molecular formula is C20H13AlO3. The van der Waals surface area contributed by atoms with Crippen LogP contribution in [-0.4, -0.2) is 14.8 Å². The Kier molecular flexibility index (Phi) is 3.12. The van der Waals surface area contributed by atoms with Crippen LogP contribution in [0.5, 0.6) is 11.5 Å². The Hall–Kier alpha value is -2.67. The second kappa shape index (κ2) is 5.45. The molecule has 0 atom stereocenters. The first kappa shape index (κ1) is 13.7. The normalized spacial score (nSPS) is 12.4. The maximum absolute atomic E-state index is 6.29. The minimum absolute atomic E-state index is 0.824. The van der Waals surface area contributed by atoms with Crippen molar-refractivity contribution in [2.45, 2.75) is 0 Å². The van der Waals surface area contributed by atoms with Gasteiger partial charge in [0.2, 0.25) is 0 Å². The lowest BCUT2D eigenvalue weighted by Crippen LogP contribution is -2.45. The van der Waals surface area contributed by atoms with Crippen LogP contribution in [0.15, 0.2) is 83.3 Å². The smallest absolute Gasteiger partial charge is 0.608 e. The van der Waals surface area contributed by atoms with Gasteiger partial charge in [-0.2, -0.15) is 0 Å². The number of hydrogen-bond acceptors (Lipinski definition) is 3. The van der Waals surface area contributed by atoms with Gasteiger partial charge in [-0.05, 0) is 30.3 Å². The van der Waals surface area contributed by atoms with Gasteiger partial charge in [0, 0.05) is 9.81 Å². The number of benzene rings is 3. The van der Waals surface area contributed by atoms with Crippen molar-refractivity contribution in [1.82, 2.24) is 0 Å². The molecular weight excluding hydrogens is 315 g/mol. The molecule has 0 bridgehead atoms. The number of fused-ring (bicyclic) bond motifs is 5. The van der Waals surface area contributed by atoms with E-state index in [9.17, 15) is 0 Å². The number of hydrogen-bond donors (Lipinski definition) is 0. The Bertz CT molecular complexity index is 1020. The van der Waals surface area contributed by atoms with Crippen LogP contribution < -0.4 is 12.0 Å². The maximum atomic E-state index is 6.29. The summed E-state index contributed by atoms with van der Waals surface area (Å²) in [4.78, 5) is 0. The van der Waals surface area contributed by atoms with E-state index >= 15 is 0 Å². The van der Waals surface area contributed by atoms with Crippen molar-refractivity contribution in [1.29, 1.82) is 0 Å². The molecule has 4 aromatic rings. The highest BCUT2D eigenvalue weighted by Crippen LogP contribution is 2.37. The van der Waals surface area contributed by atoms with Crippen LogP contribution in [0.1, 0.15) is 0 Å². The van der Waals surface area contributed by atoms with Crippen LogP contribution in [0.4, 0.5) is 0 Å². The largest absolute Gasteiger partial charge is 0.906 e. The molecule has 0 radical (unpaired) electrons. The summed E-state index contributed by atoms with van der Waals surface area (Å²) in [6.07, 6.45) is 0. The molecule has 1 aromatic heterocycles. The van der Waals surface area contributed by atoms with E-state index in [2.05, 4.69) is 6.07 Å². The number of para-hydroxylation sites is 3. The first-order chi connectivity index (χ1) is 11.9. The summed E-state index contributed by atoms with van der Waals surface area (Å²) in [5, 5.41) is 1.08. The molecule has 0 N–H and O–H groups in total. The van der Waals surface area contributed by atoms with Gasteiger partial charge in [0.05, 0.1) is 17.1 Å². The van der Waals surface area contributed by atoms with Crippen LogP contribution in [0.25, 0.3) is 22.3 Å². The van der Waals surface area contributed by atoms with Gasteiger partial charge in [-0.3, -0.25) is 0 Å². The van der Waals surface area contributed by atoms with E-state index in [0.29, 0.717) is 0 Å². The molecule has 2 heterocycles. The zero-order valence-corrected chi connectivity index (χ0v) is 14.0. The van der Waals surface area contributed by atoms with E-state index in [0.717, 1.165) is 38.2 Å². The summed E-state index contributed by atoms with van der Waals surface area (Å²) >= 11 is -2.18. The minimum atomic E-state index is -2.18. The fourth-order valence-corrected chi connectivity index (χ4v) is 5.18. The molecule has 0 spiro atoms. The summed E-state index contributed by atoms with van der Waals surface area (Å²) in [7, 11) is 0. The third-order valence-corrected chi connectivity index (χ3v) is 6.22. The summed E-state index contributed by atoms with van der Waals surface area (Å²) in [6.45, 7) is 0. The topological polar surface area (TPSA) is 31.6 Å². The standard InChI is InChI=1S/C14H9O2.C6H6O.Al/c15-12-7-3-2-6-11(12)14-9-10-5-1-4-8-13(10)16-14;7-6-4-2-1-3-5-6;/h1-8,15H;1-5,7H;/q;;+2/p-2. The van der Waals surface area contributed by atoms with Crippen molar-refractivity contribution in [3.8, 4) is 22.8 Å². The Morgan fingerprint density at radius 2 is 1.50 bits per heavy atom. The molecule has 3 aromatic carbocycles. The lowest BCUT2D eigenvalue weighted by Gasteiger charge is -2.22. The molecule has 5 rings (SSSR count). The number of rotatable bonds is 2. The van der Waals surface area contributed by atoms with Gasteiger partial charge in [0.25, 0.3) is 0 Å². The second-order valence-corrected chi connectivity index (χ2v) is 7.43. The molecule has 3 nitrogen and oxygen atoms in total. The zero-order chi connectivity index (χ0) is 15.9. The first-order valence-corrected chi connectivity index (χ1v) is 9.41. The lowest BCUT2D eigenvalue weighted by molar-refractivity contribution is 0.435. The average molecular weight is 328 g/mol. The molecule has 114 valence electrons. The monoisotopic (exact) mass is 328 g/mol. The third-order valence-electron chi connectivity index (χ3n) is 4.22. The van der Waals surface area contributed by atoms with E-state index in [1.54, 1.807) is 0 Å². The van der Waals surface area contributed by atoms with Crippen molar-refractivity contribution in [2.75, 3.05) is 0 Å². The quantitative estimate of drug-likeness (QED) is 0.515. The summed E-state index contributed by atoms with van der Waals surface area (Å²) in [5.41, 5.74) is 1.86. The van der Waals surface area contributed by atoms with E-state index in [1.165, 1.54) is 0 Å². The average Bonchev–Trinajstić information content (AvgIpc) is 3.03. The number of furan rings is 1. The Labute approximate surface area is 144 Å². The predicted molar refractivity (Wildman–Crippen MR) is 94.7 cm³/mol. The molecule has 0 unspecified atom stereocenters. The van der Waals surface area contributed by atoms with E-state index < -0.39 is 14.8 Å². The van der Waals surface area contributed by atoms with Gasteiger partial charge in [-0.25, -0.2) is 0 Å². The third kappa shape index (κ3) is 2.12. The van der Waals surface area contributed by atoms with Crippen LogP contribution in [0.2, 0.25) is 0 Å². The molecule has 1 aliphatic rings. The predicted octanol–water partition coefficient (Wildman–Crippen LogP) is 4.27. The van der Waals surface area contributed by atoms with Gasteiger partial charge in [-0.15, -0.1) is 0 Å². The van der Waals surface area contributed by atoms with Crippen LogP contribution in [0.3, 0.4) is 0 Å². The summed E-state index contributed by atoms with van der Waals surface area (Å²) < 4.78 is 19.8. The van der Waals surface area contributed by atoms with Gasteiger partial charge < -0.3 is 12.0 Å². The van der Waals surface area contributed by atoms with Gasteiger partial charge in [0.1, 0.15) is 11.3 Å². The van der Waals surface area contributed by atoms with E-state index in [4.69, 9.17) is 12.0 Å². The van der Waals surface area contributed by atoms with E-state index in [1.807, 2.05) is 72.8 Å². The van der Waals surface area contributed by atoms with Gasteiger partial charge >= 0.3 is 14.8 Å². The van der Waals surface area contributed by atoms with Crippen molar-refractivity contribution in [3.63, 3.8) is 0 Å². The summed E-state index contributed by atoms with van der Waals surface area (Å²) in [6, 6.07) is 25.9. The highest BCUT2D eigenvalue weighted by atomic mass is 27.2. The minimum Gasteiger partial charge on any atom is -0.608 e. The molecule has 24 heavy (non-hydrogen) atoms. The van der Waals surface area contributed by atoms with E-state index in [-0.39, 0.29) is 0 Å². The summed E-state index contributed by atoms with van der Waals surface area (Å²) in [5.74, 6) is 2.53. The highest BCUT2D eigenvalue weighted by Gasteiger charge is 2.46. The molecule has 0 saturated carbocycles. The van der Waals surface area contributed by atoms with Crippen LogP contribution in [-0.2, 0) is 0 Å². The maximum Gasteiger partial charge on any atom is 0.906 e. The molecule has 0 fully saturated rings. The van der Waals surface area contributed by atoms with Crippen molar-refractivity contribution in [2.24, 2.45) is 0 Å². The Morgan fingerprint density at radius 1 is 0.750 bits per heavy atom. The zero-order valence-electron chi connectivity index (χ0n) is 12.8. The molecule has 4 heteroatoms. The van der Waals surface area contributed by atoms with Gasteiger partial charge in [0.15, 0.2) is 0 Å². The van der Waals surface area contributed by atoms with Crippen molar-refractivity contribution < 1.29 is 12.0 Å². The fraction of sp³-hybridized carbons (Fsp3) is 0. The van der Waals surface area contributed by atoms with Crippen LogP contribution >= 0.6 is 0 Å². The van der Waals surface area contributed by atoms with Gasteiger partial charge in [-0.1, -0.05) is 48.5 Å². The Balaban J connectivity index is 1.71. The van der Waals surface area contributed by atoms with Crippen LogP contribution in [0, 0.1) is 0 Å². The molecule has 0 amide bonds. The lowest BCUT2D eigenvalue weighted by atomic mass is 10.1. The van der Waals surface area contributed by atoms with Crippen molar-refractivity contribution in [3.05, 3.63) is 78.9 Å². The Morgan fingerprint density at radius 3 is 2.42 bits per heavy atom. The van der Waals surface area contributed by atoms with Crippen molar-refractivity contribution >= 4 is 30.2 Å². The molecule has 0 aliphatic carbocycles.